The molecule has 0 fully saturated rings. The number of aliphatic carboxylic acids is 1. The minimum absolute atomic E-state index is 0.432. The van der Waals surface area contributed by atoms with Gasteiger partial charge >= 0.3 is 11.9 Å². The number of hydrogen-bond acceptors (Lipinski definition) is 2. The summed E-state index contributed by atoms with van der Waals surface area (Å²) >= 11 is 0. The summed E-state index contributed by atoms with van der Waals surface area (Å²) in [6, 6.07) is 0. The summed E-state index contributed by atoms with van der Waals surface area (Å²) in [5, 5.41) is 10.5. The van der Waals surface area contributed by atoms with Crippen LogP contribution in [-0.4, -0.2) is 30.1 Å². The predicted molar refractivity (Wildman–Crippen MR) is 49.5 cm³/mol. The molecular weight excluding hydrogens is 192 g/mol. The SMILES string of the molecule is CC(C)CCCNCC(F)(F)C(=O)O. The summed E-state index contributed by atoms with van der Waals surface area (Å²) < 4.78 is 24.9. The zero-order chi connectivity index (χ0) is 11.2. The molecule has 0 aromatic heterocycles. The quantitative estimate of drug-likeness (QED) is 0.628. The second-order valence-corrected chi connectivity index (χ2v) is 3.72. The van der Waals surface area contributed by atoms with Crippen LogP contribution in [0.2, 0.25) is 0 Å². The van der Waals surface area contributed by atoms with Gasteiger partial charge in [-0.1, -0.05) is 13.8 Å². The summed E-state index contributed by atoms with van der Waals surface area (Å²) in [5.41, 5.74) is 0. The van der Waals surface area contributed by atoms with Crippen LogP contribution in [0.5, 0.6) is 0 Å². The molecule has 3 nitrogen and oxygen atoms in total. The van der Waals surface area contributed by atoms with Gasteiger partial charge in [0.25, 0.3) is 0 Å². The van der Waals surface area contributed by atoms with E-state index in [1.54, 1.807) is 0 Å². The molecule has 0 amide bonds. The number of halogens is 2. The lowest BCUT2D eigenvalue weighted by molar-refractivity contribution is -0.164. The van der Waals surface area contributed by atoms with Crippen molar-refractivity contribution < 1.29 is 18.7 Å². The predicted octanol–water partition coefficient (Wildman–Crippen LogP) is 1.73. The number of carbonyl (C=O) groups is 1. The van der Waals surface area contributed by atoms with Crippen molar-refractivity contribution in [1.29, 1.82) is 0 Å². The average molecular weight is 209 g/mol. The third-order valence-electron chi connectivity index (χ3n) is 1.79. The van der Waals surface area contributed by atoms with Gasteiger partial charge in [0.2, 0.25) is 0 Å². The molecule has 0 rings (SSSR count). The standard InChI is InChI=1S/C9H17F2NO2/c1-7(2)4-3-5-12-6-9(10,11)8(13)14/h7,12H,3-6H2,1-2H3,(H,13,14). The fourth-order valence-electron chi connectivity index (χ4n) is 0.956. The Labute approximate surface area is 82.5 Å². The maximum absolute atomic E-state index is 12.5. The summed E-state index contributed by atoms with van der Waals surface area (Å²) in [6.45, 7) is 3.74. The highest BCUT2D eigenvalue weighted by Crippen LogP contribution is 2.11. The number of carboxylic acids is 1. The third kappa shape index (κ3) is 5.85. The Bertz CT molecular complexity index is 184. The summed E-state index contributed by atoms with van der Waals surface area (Å²) in [4.78, 5) is 10.0. The maximum atomic E-state index is 12.5. The lowest BCUT2D eigenvalue weighted by Crippen LogP contribution is -2.40. The van der Waals surface area contributed by atoms with Gasteiger partial charge in [-0.3, -0.25) is 0 Å². The van der Waals surface area contributed by atoms with Gasteiger partial charge in [-0.25, -0.2) is 4.79 Å². The molecule has 2 N–H and O–H groups in total. The first-order valence-corrected chi connectivity index (χ1v) is 4.68. The molecule has 0 aromatic carbocycles. The molecule has 0 saturated heterocycles. The number of nitrogens with one attached hydrogen (secondary N) is 1. The van der Waals surface area contributed by atoms with E-state index in [0.717, 1.165) is 12.8 Å². The summed E-state index contributed by atoms with van der Waals surface area (Å²) in [6.07, 6.45) is 1.74. The molecule has 0 aliphatic heterocycles. The Balaban J connectivity index is 3.49. The lowest BCUT2D eigenvalue weighted by atomic mass is 10.1. The fourth-order valence-corrected chi connectivity index (χ4v) is 0.956. The van der Waals surface area contributed by atoms with Crippen LogP contribution in [0.1, 0.15) is 26.7 Å². The fraction of sp³-hybridized carbons (Fsp3) is 0.889. The van der Waals surface area contributed by atoms with Crippen molar-refractivity contribution in [3.05, 3.63) is 0 Å². The molecule has 0 spiro atoms. The zero-order valence-electron chi connectivity index (χ0n) is 8.52. The van der Waals surface area contributed by atoms with Crippen LogP contribution in [0, 0.1) is 5.92 Å². The number of rotatable bonds is 7. The van der Waals surface area contributed by atoms with E-state index in [0.29, 0.717) is 12.5 Å². The number of carboxylic acid groups (broad SMARTS) is 1. The highest BCUT2D eigenvalue weighted by molar-refractivity contribution is 5.75. The van der Waals surface area contributed by atoms with Crippen LogP contribution < -0.4 is 5.32 Å². The number of alkyl halides is 2. The van der Waals surface area contributed by atoms with Crippen molar-refractivity contribution in [3.8, 4) is 0 Å². The second kappa shape index (κ2) is 5.90. The van der Waals surface area contributed by atoms with Crippen LogP contribution in [0.4, 0.5) is 8.78 Å². The van der Waals surface area contributed by atoms with E-state index in [9.17, 15) is 13.6 Å². The lowest BCUT2D eigenvalue weighted by Gasteiger charge is -2.12. The van der Waals surface area contributed by atoms with Crippen LogP contribution in [0.3, 0.4) is 0 Å². The molecule has 0 unspecified atom stereocenters. The molecule has 0 saturated carbocycles. The van der Waals surface area contributed by atoms with Crippen LogP contribution in [-0.2, 0) is 4.79 Å². The smallest absolute Gasteiger partial charge is 0.375 e. The largest absolute Gasteiger partial charge is 0.477 e. The molecule has 0 aromatic rings. The van der Waals surface area contributed by atoms with Crippen molar-refractivity contribution in [2.45, 2.75) is 32.6 Å². The van der Waals surface area contributed by atoms with Gasteiger partial charge in [-0.2, -0.15) is 8.78 Å². The van der Waals surface area contributed by atoms with Gasteiger partial charge in [-0.15, -0.1) is 0 Å². The Morgan fingerprint density at radius 1 is 1.50 bits per heavy atom. The molecule has 14 heavy (non-hydrogen) atoms. The molecule has 5 heteroatoms. The van der Waals surface area contributed by atoms with Crippen molar-refractivity contribution in [1.82, 2.24) is 5.32 Å². The summed E-state index contributed by atoms with van der Waals surface area (Å²) in [7, 11) is 0. The van der Waals surface area contributed by atoms with E-state index >= 15 is 0 Å². The van der Waals surface area contributed by atoms with Gasteiger partial charge in [-0.05, 0) is 25.3 Å². The van der Waals surface area contributed by atoms with Gasteiger partial charge in [0.05, 0.1) is 6.54 Å². The zero-order valence-corrected chi connectivity index (χ0v) is 8.52. The molecule has 0 aliphatic carbocycles. The Hall–Kier alpha value is -0.710. The molecule has 0 aliphatic rings. The minimum Gasteiger partial charge on any atom is -0.477 e. The van der Waals surface area contributed by atoms with E-state index < -0.39 is 18.4 Å². The highest BCUT2D eigenvalue weighted by Gasteiger charge is 2.37. The van der Waals surface area contributed by atoms with E-state index in [4.69, 9.17) is 5.11 Å². The van der Waals surface area contributed by atoms with E-state index in [-0.39, 0.29) is 0 Å². The van der Waals surface area contributed by atoms with Gasteiger partial charge in [0.1, 0.15) is 0 Å². The molecule has 84 valence electrons. The summed E-state index contributed by atoms with van der Waals surface area (Å²) in [5.74, 6) is -5.19. The monoisotopic (exact) mass is 209 g/mol. The van der Waals surface area contributed by atoms with Crippen molar-refractivity contribution in [3.63, 3.8) is 0 Å². The van der Waals surface area contributed by atoms with Gasteiger partial charge in [0.15, 0.2) is 0 Å². The Morgan fingerprint density at radius 2 is 2.07 bits per heavy atom. The normalized spacial score (nSPS) is 12.1. The first kappa shape index (κ1) is 13.3. The van der Waals surface area contributed by atoms with E-state index in [1.807, 2.05) is 13.8 Å². The topological polar surface area (TPSA) is 49.3 Å². The average Bonchev–Trinajstić information content (AvgIpc) is 2.02. The Morgan fingerprint density at radius 3 is 2.50 bits per heavy atom. The maximum Gasteiger partial charge on any atom is 0.375 e. The van der Waals surface area contributed by atoms with Crippen LogP contribution >= 0.6 is 0 Å². The molecule has 0 bridgehead atoms. The molecular formula is C9H17F2NO2. The van der Waals surface area contributed by atoms with Crippen LogP contribution in [0.25, 0.3) is 0 Å². The molecule has 0 atom stereocenters. The van der Waals surface area contributed by atoms with E-state index in [1.165, 1.54) is 0 Å². The number of hydrogen-bond donors (Lipinski definition) is 2. The van der Waals surface area contributed by atoms with Crippen LogP contribution in [0.15, 0.2) is 0 Å². The minimum atomic E-state index is -3.65. The third-order valence-corrected chi connectivity index (χ3v) is 1.79. The molecule has 0 radical (unpaired) electrons. The van der Waals surface area contributed by atoms with Crippen molar-refractivity contribution in [2.75, 3.05) is 13.1 Å². The Kier molecular flexibility index (Phi) is 5.60. The first-order valence-electron chi connectivity index (χ1n) is 4.68. The van der Waals surface area contributed by atoms with Gasteiger partial charge in [0, 0.05) is 0 Å². The highest BCUT2D eigenvalue weighted by atomic mass is 19.3. The van der Waals surface area contributed by atoms with Crippen molar-refractivity contribution in [2.24, 2.45) is 5.92 Å². The van der Waals surface area contributed by atoms with Crippen molar-refractivity contribution >= 4 is 5.97 Å². The van der Waals surface area contributed by atoms with Gasteiger partial charge < -0.3 is 10.4 Å². The van der Waals surface area contributed by atoms with E-state index in [2.05, 4.69) is 5.32 Å². The first-order chi connectivity index (χ1) is 6.36. The second-order valence-electron chi connectivity index (χ2n) is 3.72. The molecule has 0 heterocycles.